The van der Waals surface area contributed by atoms with E-state index in [1.807, 2.05) is 24.3 Å². The summed E-state index contributed by atoms with van der Waals surface area (Å²) in [6.45, 7) is 3.09. The number of quaternary nitrogens is 1. The molecular formula is C23H22FN2O+. The monoisotopic (exact) mass is 361 g/mol. The van der Waals surface area contributed by atoms with Gasteiger partial charge in [-0.05, 0) is 29.8 Å². The van der Waals surface area contributed by atoms with Crippen LogP contribution in [0.2, 0.25) is 0 Å². The Labute approximate surface area is 158 Å². The van der Waals surface area contributed by atoms with Crippen molar-refractivity contribution < 1.29 is 14.1 Å². The number of fused-ring (bicyclic) bond motifs is 1. The molecule has 1 heterocycles. The van der Waals surface area contributed by atoms with Gasteiger partial charge in [0.05, 0.1) is 12.2 Å². The fraction of sp³-hybridized carbons (Fsp3) is 0.174. The summed E-state index contributed by atoms with van der Waals surface area (Å²) in [7, 11) is 0. The van der Waals surface area contributed by atoms with Crippen LogP contribution in [-0.2, 0) is 19.5 Å². The summed E-state index contributed by atoms with van der Waals surface area (Å²) < 4.78 is 13.7. The van der Waals surface area contributed by atoms with Gasteiger partial charge in [-0.3, -0.25) is 4.79 Å². The molecule has 0 saturated heterocycles. The van der Waals surface area contributed by atoms with E-state index in [4.69, 9.17) is 0 Å². The molecule has 0 spiro atoms. The van der Waals surface area contributed by atoms with Gasteiger partial charge in [-0.1, -0.05) is 48.5 Å². The zero-order valence-corrected chi connectivity index (χ0v) is 15.0. The van der Waals surface area contributed by atoms with Gasteiger partial charge in [0.25, 0.3) is 5.91 Å². The minimum absolute atomic E-state index is 0.197. The molecule has 0 fully saturated rings. The van der Waals surface area contributed by atoms with E-state index >= 15 is 0 Å². The van der Waals surface area contributed by atoms with E-state index in [1.54, 1.807) is 18.2 Å². The third kappa shape index (κ3) is 4.07. The Balaban J connectivity index is 1.39. The highest BCUT2D eigenvalue weighted by Crippen LogP contribution is 2.15. The summed E-state index contributed by atoms with van der Waals surface area (Å²) in [6.07, 6.45) is 1.11. The Bertz CT molecular complexity index is 953. The van der Waals surface area contributed by atoms with Gasteiger partial charge < -0.3 is 10.2 Å². The molecule has 4 heteroatoms. The molecule has 1 atom stereocenters. The van der Waals surface area contributed by atoms with E-state index in [0.717, 1.165) is 26.1 Å². The van der Waals surface area contributed by atoms with Crippen molar-refractivity contribution in [2.75, 3.05) is 11.9 Å². The quantitative estimate of drug-likeness (QED) is 0.735. The van der Waals surface area contributed by atoms with Crippen molar-refractivity contribution in [3.63, 3.8) is 0 Å². The lowest BCUT2D eigenvalue weighted by Gasteiger charge is -2.26. The molecule has 1 unspecified atom stereocenters. The predicted octanol–water partition coefficient (Wildman–Crippen LogP) is 3.22. The lowest BCUT2D eigenvalue weighted by atomic mass is 9.99. The Morgan fingerprint density at radius 1 is 0.926 bits per heavy atom. The van der Waals surface area contributed by atoms with Gasteiger partial charge in [0.1, 0.15) is 18.9 Å². The highest BCUT2D eigenvalue weighted by atomic mass is 19.1. The standard InChI is InChI=1S/C23H21FN2O/c24-21-7-3-4-8-22(21)25-23(27)19-11-9-17(10-12-19)15-26-14-13-18-5-1-2-6-20(18)16-26/h1-12H,13-16H2,(H,25,27)/p+1. The van der Waals surface area contributed by atoms with Crippen LogP contribution in [0.4, 0.5) is 10.1 Å². The number of hydrogen-bond donors (Lipinski definition) is 2. The van der Waals surface area contributed by atoms with E-state index in [1.165, 1.54) is 27.7 Å². The van der Waals surface area contributed by atoms with Crippen LogP contribution in [0, 0.1) is 5.82 Å². The number of carbonyl (C=O) groups is 1. The molecule has 0 aromatic heterocycles. The number of nitrogens with one attached hydrogen (secondary N) is 2. The highest BCUT2D eigenvalue weighted by molar-refractivity contribution is 6.04. The van der Waals surface area contributed by atoms with Crippen LogP contribution < -0.4 is 10.2 Å². The Hall–Kier alpha value is -2.98. The first kappa shape index (κ1) is 17.4. The van der Waals surface area contributed by atoms with Crippen LogP contribution in [0.15, 0.2) is 72.8 Å². The predicted molar refractivity (Wildman–Crippen MR) is 104 cm³/mol. The van der Waals surface area contributed by atoms with Gasteiger partial charge in [-0.2, -0.15) is 0 Å². The smallest absolute Gasteiger partial charge is 0.255 e. The maximum atomic E-state index is 13.7. The lowest BCUT2D eigenvalue weighted by Crippen LogP contribution is -3.10. The second kappa shape index (κ2) is 7.72. The number of anilines is 1. The molecule has 1 amide bonds. The van der Waals surface area contributed by atoms with E-state index in [-0.39, 0.29) is 11.6 Å². The molecule has 136 valence electrons. The minimum Gasteiger partial charge on any atom is -0.327 e. The molecule has 27 heavy (non-hydrogen) atoms. The average molecular weight is 361 g/mol. The number of rotatable bonds is 4. The van der Waals surface area contributed by atoms with Crippen molar-refractivity contribution in [1.29, 1.82) is 0 Å². The minimum atomic E-state index is -0.434. The van der Waals surface area contributed by atoms with E-state index in [9.17, 15) is 9.18 Å². The number of para-hydroxylation sites is 1. The molecular weight excluding hydrogens is 339 g/mol. The highest BCUT2D eigenvalue weighted by Gasteiger charge is 2.19. The van der Waals surface area contributed by atoms with E-state index < -0.39 is 5.82 Å². The van der Waals surface area contributed by atoms with Crippen LogP contribution >= 0.6 is 0 Å². The van der Waals surface area contributed by atoms with Crippen LogP contribution in [-0.4, -0.2) is 12.5 Å². The average Bonchev–Trinajstić information content (AvgIpc) is 2.70. The van der Waals surface area contributed by atoms with Crippen molar-refractivity contribution in [2.45, 2.75) is 19.5 Å². The van der Waals surface area contributed by atoms with Gasteiger partial charge in [0.15, 0.2) is 0 Å². The van der Waals surface area contributed by atoms with E-state index in [2.05, 4.69) is 29.6 Å². The molecule has 2 N–H and O–H groups in total. The SMILES string of the molecule is O=C(Nc1ccccc1F)c1ccc(C[NH+]2CCc3ccccc3C2)cc1. The fourth-order valence-electron chi connectivity index (χ4n) is 3.61. The van der Waals surface area contributed by atoms with Crippen molar-refractivity contribution >= 4 is 11.6 Å². The first-order valence-corrected chi connectivity index (χ1v) is 9.24. The summed E-state index contributed by atoms with van der Waals surface area (Å²) in [4.78, 5) is 13.8. The third-order valence-corrected chi connectivity index (χ3v) is 5.10. The number of carbonyl (C=O) groups excluding carboxylic acids is 1. The fourth-order valence-corrected chi connectivity index (χ4v) is 3.61. The third-order valence-electron chi connectivity index (χ3n) is 5.10. The summed E-state index contributed by atoms with van der Waals surface area (Å²) in [5, 5.41) is 2.62. The van der Waals surface area contributed by atoms with Gasteiger partial charge in [-0.15, -0.1) is 0 Å². The van der Waals surface area contributed by atoms with Crippen molar-refractivity contribution in [3.8, 4) is 0 Å². The molecule has 3 nitrogen and oxygen atoms in total. The van der Waals surface area contributed by atoms with Gasteiger partial charge in [0, 0.05) is 23.1 Å². The van der Waals surface area contributed by atoms with Crippen molar-refractivity contribution in [3.05, 3.63) is 101 Å². The number of amides is 1. The maximum Gasteiger partial charge on any atom is 0.255 e. The summed E-state index contributed by atoms with van der Waals surface area (Å²) in [5.74, 6) is -0.734. The number of benzene rings is 3. The second-order valence-electron chi connectivity index (χ2n) is 7.00. The largest absolute Gasteiger partial charge is 0.327 e. The number of halogens is 1. The molecule has 1 aliphatic heterocycles. The van der Waals surface area contributed by atoms with Gasteiger partial charge >= 0.3 is 0 Å². The zero-order chi connectivity index (χ0) is 18.6. The maximum absolute atomic E-state index is 13.7. The number of hydrogen-bond acceptors (Lipinski definition) is 1. The summed E-state index contributed by atoms with van der Waals surface area (Å²) in [5.41, 5.74) is 4.82. The summed E-state index contributed by atoms with van der Waals surface area (Å²) in [6, 6.07) is 22.4. The first-order valence-electron chi connectivity index (χ1n) is 9.24. The molecule has 0 saturated carbocycles. The molecule has 3 aromatic rings. The van der Waals surface area contributed by atoms with Crippen LogP contribution in [0.1, 0.15) is 27.0 Å². The second-order valence-corrected chi connectivity index (χ2v) is 7.00. The molecule has 0 radical (unpaired) electrons. The normalized spacial score (nSPS) is 15.8. The first-order chi connectivity index (χ1) is 13.2. The zero-order valence-electron chi connectivity index (χ0n) is 15.0. The van der Waals surface area contributed by atoms with Crippen LogP contribution in [0.5, 0.6) is 0 Å². The van der Waals surface area contributed by atoms with Gasteiger partial charge in [-0.25, -0.2) is 4.39 Å². The molecule has 0 bridgehead atoms. The molecule has 4 rings (SSSR count). The molecule has 3 aromatic carbocycles. The van der Waals surface area contributed by atoms with Gasteiger partial charge in [0.2, 0.25) is 0 Å². The molecule has 1 aliphatic rings. The van der Waals surface area contributed by atoms with Crippen LogP contribution in [0.3, 0.4) is 0 Å². The van der Waals surface area contributed by atoms with Crippen molar-refractivity contribution in [1.82, 2.24) is 0 Å². The molecule has 0 aliphatic carbocycles. The van der Waals surface area contributed by atoms with Crippen LogP contribution in [0.25, 0.3) is 0 Å². The topological polar surface area (TPSA) is 33.5 Å². The Morgan fingerprint density at radius 3 is 2.41 bits per heavy atom. The lowest BCUT2D eigenvalue weighted by molar-refractivity contribution is -0.929. The Morgan fingerprint density at radius 2 is 1.63 bits per heavy atom. The van der Waals surface area contributed by atoms with E-state index in [0.29, 0.717) is 5.56 Å². The summed E-state index contributed by atoms with van der Waals surface area (Å²) >= 11 is 0. The Kier molecular flexibility index (Phi) is 4.99. The van der Waals surface area contributed by atoms with Crippen molar-refractivity contribution in [2.24, 2.45) is 0 Å².